The quantitative estimate of drug-likeness (QED) is 0.607. The van der Waals surface area contributed by atoms with Crippen LogP contribution in [0.3, 0.4) is 0 Å². The number of hydrogen-bond donors (Lipinski definition) is 1. The van der Waals surface area contributed by atoms with Crippen molar-refractivity contribution in [3.63, 3.8) is 0 Å². The Hall–Kier alpha value is -3.10. The Balaban J connectivity index is 1.16. The van der Waals surface area contributed by atoms with E-state index in [9.17, 15) is 13.6 Å². The zero-order valence-electron chi connectivity index (χ0n) is 18.7. The molecule has 176 valence electrons. The van der Waals surface area contributed by atoms with E-state index in [1.165, 1.54) is 22.4 Å². The fourth-order valence-corrected chi connectivity index (χ4v) is 5.31. The molecule has 1 amide bonds. The van der Waals surface area contributed by atoms with Gasteiger partial charge in [0, 0.05) is 43.7 Å². The largest absolute Gasteiger partial charge is 0.374 e. The highest BCUT2D eigenvalue weighted by Gasteiger charge is 2.50. The Kier molecular flexibility index (Phi) is 5.42. The number of halogens is 2. The summed E-state index contributed by atoms with van der Waals surface area (Å²) < 4.78 is 35.3. The first-order valence-corrected chi connectivity index (χ1v) is 11.8. The van der Waals surface area contributed by atoms with Crippen molar-refractivity contribution in [2.45, 2.75) is 31.4 Å². The van der Waals surface area contributed by atoms with Crippen LogP contribution in [0, 0.1) is 17.6 Å². The first kappa shape index (κ1) is 21.4. The molecule has 2 aliphatic carbocycles. The molecule has 1 saturated carbocycles. The number of benzene rings is 2. The van der Waals surface area contributed by atoms with Gasteiger partial charge in [0.05, 0.1) is 18.4 Å². The number of morpholine rings is 1. The van der Waals surface area contributed by atoms with Gasteiger partial charge in [0.1, 0.15) is 11.5 Å². The molecule has 1 unspecified atom stereocenters. The maximum absolute atomic E-state index is 14.5. The first-order chi connectivity index (χ1) is 16.6. The van der Waals surface area contributed by atoms with Crippen LogP contribution in [0.15, 0.2) is 48.5 Å². The summed E-state index contributed by atoms with van der Waals surface area (Å²) in [5.41, 5.74) is 3.54. The Bertz CT molecular complexity index is 1230. The fraction of sp³-hybridized carbons (Fsp3) is 0.385. The van der Waals surface area contributed by atoms with E-state index in [1.807, 2.05) is 18.2 Å². The summed E-state index contributed by atoms with van der Waals surface area (Å²) in [5.74, 6) is -0.816. The van der Waals surface area contributed by atoms with E-state index >= 15 is 0 Å². The van der Waals surface area contributed by atoms with Gasteiger partial charge >= 0.3 is 0 Å². The highest BCUT2D eigenvalue weighted by Crippen LogP contribution is 2.57. The first-order valence-electron chi connectivity index (χ1n) is 11.8. The molecule has 34 heavy (non-hydrogen) atoms. The fourth-order valence-electron chi connectivity index (χ4n) is 5.31. The summed E-state index contributed by atoms with van der Waals surface area (Å²) in [6, 6.07) is 13.7. The number of amides is 1. The van der Waals surface area contributed by atoms with E-state index in [-0.39, 0.29) is 17.7 Å². The number of aromatic nitrogens is 2. The van der Waals surface area contributed by atoms with Gasteiger partial charge in [-0.3, -0.25) is 9.69 Å². The van der Waals surface area contributed by atoms with Gasteiger partial charge in [-0.15, -0.1) is 0 Å². The summed E-state index contributed by atoms with van der Waals surface area (Å²) in [7, 11) is 0. The number of fused-ring (bicyclic) bond motifs is 3. The number of nitrogens with zero attached hydrogens (tertiary/aromatic N) is 3. The zero-order chi connectivity index (χ0) is 23.2. The average Bonchev–Trinajstić information content (AvgIpc) is 3.34. The summed E-state index contributed by atoms with van der Waals surface area (Å²) in [4.78, 5) is 15.4. The lowest BCUT2D eigenvalue weighted by Crippen LogP contribution is -2.47. The highest BCUT2D eigenvalue weighted by atomic mass is 19.1. The lowest BCUT2D eigenvalue weighted by atomic mass is 10.1. The van der Waals surface area contributed by atoms with Crippen LogP contribution in [-0.4, -0.2) is 52.9 Å². The minimum atomic E-state index is -0.685. The molecule has 0 bridgehead atoms. The van der Waals surface area contributed by atoms with Crippen molar-refractivity contribution in [3.8, 4) is 5.69 Å². The molecular weight excluding hydrogens is 438 g/mol. The van der Waals surface area contributed by atoms with Crippen LogP contribution >= 0.6 is 0 Å². The monoisotopic (exact) mass is 464 g/mol. The molecule has 3 atom stereocenters. The summed E-state index contributed by atoms with van der Waals surface area (Å²) in [6.07, 6.45) is 1.69. The van der Waals surface area contributed by atoms with Crippen molar-refractivity contribution >= 4 is 5.91 Å². The van der Waals surface area contributed by atoms with Crippen LogP contribution in [0.5, 0.6) is 0 Å². The minimum Gasteiger partial charge on any atom is -0.374 e. The molecule has 6 nitrogen and oxygen atoms in total. The Morgan fingerprint density at radius 1 is 1.18 bits per heavy atom. The average molecular weight is 465 g/mol. The molecular formula is C26H26F2N4O2. The van der Waals surface area contributed by atoms with Crippen molar-refractivity contribution in [2.75, 3.05) is 26.2 Å². The molecule has 2 aromatic carbocycles. The summed E-state index contributed by atoms with van der Waals surface area (Å²) >= 11 is 0. The number of carbonyl (C=O) groups is 1. The summed E-state index contributed by atoms with van der Waals surface area (Å²) in [6.45, 7) is 3.42. The standard InChI is InChI=1S/C26H26F2N4O2/c27-18-6-7-23(22(28)12-18)32-25-20-10-17(20)11-21(25)24(30-32)26(33)29-13-19-15-31(8-9-34-19)14-16-4-2-1-3-5-16/h1-7,12,17,19-20H,8-11,13-15H2,(H,29,33)/t17-,19?,20-/m1/s1. The van der Waals surface area contributed by atoms with Gasteiger partial charge in [-0.25, -0.2) is 13.5 Å². The van der Waals surface area contributed by atoms with E-state index in [2.05, 4.69) is 27.4 Å². The van der Waals surface area contributed by atoms with Crippen molar-refractivity contribution in [2.24, 2.45) is 5.92 Å². The summed E-state index contributed by atoms with van der Waals surface area (Å²) in [5, 5.41) is 7.48. The van der Waals surface area contributed by atoms with E-state index in [0.717, 1.165) is 49.8 Å². The topological polar surface area (TPSA) is 59.4 Å². The molecule has 0 spiro atoms. The Morgan fingerprint density at radius 3 is 2.85 bits per heavy atom. The molecule has 1 saturated heterocycles. The number of carbonyl (C=O) groups excluding carboxylic acids is 1. The van der Waals surface area contributed by atoms with Crippen LogP contribution in [0.1, 0.15) is 39.6 Å². The second-order valence-corrected chi connectivity index (χ2v) is 9.45. The van der Waals surface area contributed by atoms with Crippen LogP contribution in [0.25, 0.3) is 5.69 Å². The van der Waals surface area contributed by atoms with E-state index in [0.29, 0.717) is 30.7 Å². The Labute approximate surface area is 196 Å². The molecule has 8 heteroatoms. The van der Waals surface area contributed by atoms with E-state index in [4.69, 9.17) is 4.74 Å². The third kappa shape index (κ3) is 4.01. The Morgan fingerprint density at radius 2 is 2.03 bits per heavy atom. The smallest absolute Gasteiger partial charge is 0.272 e. The van der Waals surface area contributed by atoms with Crippen LogP contribution in [0.2, 0.25) is 0 Å². The van der Waals surface area contributed by atoms with Gasteiger partial charge in [0.2, 0.25) is 0 Å². The molecule has 1 aromatic heterocycles. The molecule has 2 heterocycles. The van der Waals surface area contributed by atoms with Gasteiger partial charge in [-0.05, 0) is 36.5 Å². The maximum atomic E-state index is 14.5. The predicted molar refractivity (Wildman–Crippen MR) is 122 cm³/mol. The number of nitrogens with one attached hydrogen (secondary N) is 1. The van der Waals surface area contributed by atoms with Gasteiger partial charge < -0.3 is 10.1 Å². The predicted octanol–water partition coefficient (Wildman–Crippen LogP) is 3.44. The number of rotatable bonds is 6. The molecule has 6 rings (SSSR count). The second-order valence-electron chi connectivity index (χ2n) is 9.45. The molecule has 0 radical (unpaired) electrons. The van der Waals surface area contributed by atoms with E-state index in [1.54, 1.807) is 0 Å². The van der Waals surface area contributed by atoms with Gasteiger partial charge in [-0.1, -0.05) is 30.3 Å². The molecule has 1 aliphatic heterocycles. The SMILES string of the molecule is O=C(NCC1CN(Cc2ccccc2)CCO1)c1nn(-c2ccc(F)cc2F)c2c1C[C@H]1C[C@@H]21. The van der Waals surface area contributed by atoms with Crippen LogP contribution < -0.4 is 5.32 Å². The second kappa shape index (κ2) is 8.60. The normalized spacial score (nSPS) is 23.4. The highest BCUT2D eigenvalue weighted by molar-refractivity contribution is 5.94. The molecule has 3 aromatic rings. The third-order valence-electron chi connectivity index (χ3n) is 7.08. The van der Waals surface area contributed by atoms with Gasteiger partial charge in [0.25, 0.3) is 5.91 Å². The lowest BCUT2D eigenvalue weighted by Gasteiger charge is -2.33. The van der Waals surface area contributed by atoms with Crippen molar-refractivity contribution in [3.05, 3.63) is 82.7 Å². The van der Waals surface area contributed by atoms with Gasteiger partial charge in [-0.2, -0.15) is 5.10 Å². The number of ether oxygens (including phenoxy) is 1. The lowest BCUT2D eigenvalue weighted by molar-refractivity contribution is -0.0292. The van der Waals surface area contributed by atoms with Crippen LogP contribution in [-0.2, 0) is 17.7 Å². The minimum absolute atomic E-state index is 0.112. The molecule has 3 aliphatic rings. The van der Waals surface area contributed by atoms with Gasteiger partial charge in [0.15, 0.2) is 11.5 Å². The maximum Gasteiger partial charge on any atom is 0.272 e. The van der Waals surface area contributed by atoms with E-state index < -0.39 is 11.6 Å². The van der Waals surface area contributed by atoms with Crippen molar-refractivity contribution in [1.82, 2.24) is 20.0 Å². The molecule has 1 N–H and O–H groups in total. The van der Waals surface area contributed by atoms with Crippen LogP contribution in [0.4, 0.5) is 8.78 Å². The zero-order valence-corrected chi connectivity index (χ0v) is 18.7. The molecule has 2 fully saturated rings. The van der Waals surface area contributed by atoms with Crippen molar-refractivity contribution < 1.29 is 18.3 Å². The van der Waals surface area contributed by atoms with Crippen molar-refractivity contribution in [1.29, 1.82) is 0 Å². The third-order valence-corrected chi connectivity index (χ3v) is 7.08. The number of hydrogen-bond acceptors (Lipinski definition) is 4.